The van der Waals surface area contributed by atoms with E-state index in [-0.39, 0.29) is 6.04 Å². The van der Waals surface area contributed by atoms with Crippen molar-refractivity contribution < 1.29 is 23.8 Å². The SMILES string of the molecule is COc1ccc(NC(=O)C(=O)NC[C@H](c2ccc3c(c2)CCN3C)N2CCOCC2)cc1OC. The molecule has 0 spiro atoms. The number of rotatable bonds is 7. The summed E-state index contributed by atoms with van der Waals surface area (Å²) in [5, 5.41) is 5.45. The Hall–Kier alpha value is -3.30. The van der Waals surface area contributed by atoms with Crippen molar-refractivity contribution in [3.63, 3.8) is 0 Å². The molecular formula is C25H32N4O5. The fourth-order valence-electron chi connectivity index (χ4n) is 4.51. The Morgan fingerprint density at radius 1 is 1.00 bits per heavy atom. The molecule has 0 radical (unpaired) electrons. The van der Waals surface area contributed by atoms with Crippen molar-refractivity contribution in [2.75, 3.05) is 70.9 Å². The first kappa shape index (κ1) is 23.8. The topological polar surface area (TPSA) is 92.4 Å². The Morgan fingerprint density at radius 3 is 2.50 bits per heavy atom. The zero-order valence-corrected chi connectivity index (χ0v) is 19.9. The maximum Gasteiger partial charge on any atom is 0.313 e. The highest BCUT2D eigenvalue weighted by Crippen LogP contribution is 2.32. The highest BCUT2D eigenvalue weighted by atomic mass is 16.5. The van der Waals surface area contributed by atoms with Crippen molar-refractivity contribution in [1.29, 1.82) is 0 Å². The molecule has 2 aliphatic rings. The van der Waals surface area contributed by atoms with Gasteiger partial charge in [-0.2, -0.15) is 0 Å². The Labute approximate surface area is 200 Å². The average molecular weight is 469 g/mol. The number of methoxy groups -OCH3 is 2. The highest BCUT2D eigenvalue weighted by molar-refractivity contribution is 6.39. The molecule has 2 heterocycles. The van der Waals surface area contributed by atoms with Crippen LogP contribution in [-0.2, 0) is 20.7 Å². The van der Waals surface area contributed by atoms with Gasteiger partial charge in [0.25, 0.3) is 0 Å². The lowest BCUT2D eigenvalue weighted by atomic mass is 10.0. The number of nitrogens with zero attached hydrogens (tertiary/aromatic N) is 2. The first-order chi connectivity index (χ1) is 16.5. The lowest BCUT2D eigenvalue weighted by Crippen LogP contribution is -2.45. The molecule has 0 unspecified atom stereocenters. The molecule has 1 atom stereocenters. The summed E-state index contributed by atoms with van der Waals surface area (Å²) in [4.78, 5) is 29.7. The first-order valence-electron chi connectivity index (χ1n) is 11.5. The van der Waals surface area contributed by atoms with Gasteiger partial charge in [0.15, 0.2) is 11.5 Å². The lowest BCUT2D eigenvalue weighted by Gasteiger charge is -2.35. The minimum atomic E-state index is -0.733. The van der Waals surface area contributed by atoms with Crippen LogP contribution in [0.3, 0.4) is 0 Å². The third-order valence-electron chi connectivity index (χ3n) is 6.41. The minimum absolute atomic E-state index is 0.0436. The van der Waals surface area contributed by atoms with E-state index >= 15 is 0 Å². The first-order valence-corrected chi connectivity index (χ1v) is 11.5. The van der Waals surface area contributed by atoms with Crippen molar-refractivity contribution in [3.05, 3.63) is 47.5 Å². The zero-order chi connectivity index (χ0) is 24.1. The summed E-state index contributed by atoms with van der Waals surface area (Å²) < 4.78 is 16.0. The fourth-order valence-corrected chi connectivity index (χ4v) is 4.51. The van der Waals surface area contributed by atoms with Gasteiger partial charge in [0.2, 0.25) is 0 Å². The predicted molar refractivity (Wildman–Crippen MR) is 130 cm³/mol. The summed E-state index contributed by atoms with van der Waals surface area (Å²) >= 11 is 0. The van der Waals surface area contributed by atoms with Crippen molar-refractivity contribution >= 4 is 23.2 Å². The smallest absolute Gasteiger partial charge is 0.313 e. The van der Waals surface area contributed by atoms with Crippen LogP contribution < -0.4 is 25.0 Å². The maximum absolute atomic E-state index is 12.6. The summed E-state index contributed by atoms with van der Waals surface area (Å²) in [5.74, 6) is -0.411. The number of ether oxygens (including phenoxy) is 3. The van der Waals surface area contributed by atoms with E-state index in [1.165, 1.54) is 25.5 Å². The van der Waals surface area contributed by atoms with Gasteiger partial charge >= 0.3 is 11.8 Å². The van der Waals surface area contributed by atoms with Gasteiger partial charge in [0.1, 0.15) is 0 Å². The molecular weight excluding hydrogens is 436 g/mol. The Bertz CT molecular complexity index is 1040. The van der Waals surface area contributed by atoms with Gasteiger partial charge < -0.3 is 29.7 Å². The number of benzene rings is 2. The third kappa shape index (κ3) is 5.26. The van der Waals surface area contributed by atoms with Gasteiger partial charge in [0.05, 0.1) is 33.5 Å². The quantitative estimate of drug-likeness (QED) is 0.599. The molecule has 2 aromatic carbocycles. The van der Waals surface area contributed by atoms with E-state index in [2.05, 4.69) is 45.7 Å². The van der Waals surface area contributed by atoms with Gasteiger partial charge in [-0.05, 0) is 35.7 Å². The van der Waals surface area contributed by atoms with Crippen LogP contribution in [0.5, 0.6) is 11.5 Å². The fraction of sp³-hybridized carbons (Fsp3) is 0.440. The predicted octanol–water partition coefficient (Wildman–Crippen LogP) is 1.82. The van der Waals surface area contributed by atoms with E-state index in [1.807, 2.05) is 0 Å². The molecule has 182 valence electrons. The van der Waals surface area contributed by atoms with Gasteiger partial charge in [-0.15, -0.1) is 0 Å². The second-order valence-corrected chi connectivity index (χ2v) is 8.46. The Morgan fingerprint density at radius 2 is 1.76 bits per heavy atom. The number of nitrogens with one attached hydrogen (secondary N) is 2. The normalized spacial score (nSPS) is 16.5. The molecule has 9 heteroatoms. The number of likely N-dealkylation sites (N-methyl/N-ethyl adjacent to an activating group) is 1. The van der Waals surface area contributed by atoms with E-state index in [9.17, 15) is 9.59 Å². The van der Waals surface area contributed by atoms with Crippen LogP contribution in [0.25, 0.3) is 0 Å². The van der Waals surface area contributed by atoms with Crippen molar-refractivity contribution in [2.45, 2.75) is 12.5 Å². The molecule has 0 bridgehead atoms. The molecule has 1 saturated heterocycles. The van der Waals surface area contributed by atoms with Crippen LogP contribution >= 0.6 is 0 Å². The number of anilines is 2. The number of carbonyl (C=O) groups is 2. The van der Waals surface area contributed by atoms with E-state index < -0.39 is 11.8 Å². The molecule has 34 heavy (non-hydrogen) atoms. The minimum Gasteiger partial charge on any atom is -0.493 e. The largest absolute Gasteiger partial charge is 0.493 e. The van der Waals surface area contributed by atoms with Crippen LogP contribution in [-0.4, -0.2) is 77.4 Å². The second kappa shape index (κ2) is 10.8. The van der Waals surface area contributed by atoms with E-state index in [0.717, 1.165) is 31.6 Å². The van der Waals surface area contributed by atoms with Gasteiger partial charge in [0, 0.05) is 50.7 Å². The monoisotopic (exact) mass is 468 g/mol. The van der Waals surface area contributed by atoms with Gasteiger partial charge in [-0.25, -0.2) is 0 Å². The average Bonchev–Trinajstić information content (AvgIpc) is 3.24. The molecule has 1 fully saturated rings. The number of fused-ring (bicyclic) bond motifs is 1. The molecule has 4 rings (SSSR count). The summed E-state index contributed by atoms with van der Waals surface area (Å²) in [6, 6.07) is 11.4. The van der Waals surface area contributed by atoms with E-state index in [1.54, 1.807) is 18.2 Å². The second-order valence-electron chi connectivity index (χ2n) is 8.46. The third-order valence-corrected chi connectivity index (χ3v) is 6.41. The Balaban J connectivity index is 1.43. The van der Waals surface area contributed by atoms with Gasteiger partial charge in [-0.3, -0.25) is 14.5 Å². The molecule has 2 aliphatic heterocycles. The highest BCUT2D eigenvalue weighted by Gasteiger charge is 2.26. The Kier molecular flexibility index (Phi) is 7.54. The van der Waals surface area contributed by atoms with Crippen LogP contribution in [0, 0.1) is 0 Å². The summed E-state index contributed by atoms with van der Waals surface area (Å²) in [7, 11) is 5.15. The van der Waals surface area contributed by atoms with E-state index in [4.69, 9.17) is 14.2 Å². The summed E-state index contributed by atoms with van der Waals surface area (Å²) in [5.41, 5.74) is 4.15. The summed E-state index contributed by atoms with van der Waals surface area (Å²) in [6.07, 6.45) is 1.01. The molecule has 0 saturated carbocycles. The molecule has 2 aromatic rings. The molecule has 2 amide bonds. The molecule has 2 N–H and O–H groups in total. The van der Waals surface area contributed by atoms with Crippen molar-refractivity contribution in [3.8, 4) is 11.5 Å². The van der Waals surface area contributed by atoms with E-state index in [0.29, 0.717) is 36.9 Å². The van der Waals surface area contributed by atoms with Crippen LogP contribution in [0.4, 0.5) is 11.4 Å². The van der Waals surface area contributed by atoms with Crippen LogP contribution in [0.1, 0.15) is 17.2 Å². The number of amides is 2. The lowest BCUT2D eigenvalue weighted by molar-refractivity contribution is -0.136. The standard InChI is InChI=1S/C25H32N4O5/c1-28-9-8-18-14-17(4-6-20(18)28)21(29-10-12-34-13-11-29)16-26-24(30)25(31)27-19-5-7-22(32-2)23(15-19)33-3/h4-7,14-15,21H,8-13,16H2,1-3H3,(H,26,30)(H,27,31)/t21-/m1/s1. The number of hydrogen-bond donors (Lipinski definition) is 2. The van der Waals surface area contributed by atoms with Gasteiger partial charge in [-0.1, -0.05) is 12.1 Å². The number of hydrogen-bond acceptors (Lipinski definition) is 7. The molecule has 9 nitrogen and oxygen atoms in total. The number of morpholine rings is 1. The molecule has 0 aliphatic carbocycles. The summed E-state index contributed by atoms with van der Waals surface area (Å²) in [6.45, 7) is 4.18. The maximum atomic E-state index is 12.6. The van der Waals surface area contributed by atoms with Crippen molar-refractivity contribution in [2.24, 2.45) is 0 Å². The van der Waals surface area contributed by atoms with Crippen LogP contribution in [0.2, 0.25) is 0 Å². The molecule has 0 aromatic heterocycles. The van der Waals surface area contributed by atoms with Crippen molar-refractivity contribution in [1.82, 2.24) is 10.2 Å². The zero-order valence-electron chi connectivity index (χ0n) is 19.9. The van der Waals surface area contributed by atoms with Crippen LogP contribution in [0.15, 0.2) is 36.4 Å². The number of carbonyl (C=O) groups excluding carboxylic acids is 2.